The maximum Gasteiger partial charge on any atom is 2.00 e. The van der Waals surface area contributed by atoms with E-state index in [0.29, 0.717) is 0 Å². The number of imidazole rings is 2. The van der Waals surface area contributed by atoms with Gasteiger partial charge in [0.25, 0.3) is 0 Å². The van der Waals surface area contributed by atoms with Crippen molar-refractivity contribution in [2.45, 2.75) is 0 Å². The Labute approximate surface area is 198 Å². The minimum absolute atomic E-state index is 0. The van der Waals surface area contributed by atoms with Gasteiger partial charge in [-0.1, -0.05) is 24.3 Å². The number of carbonyl (C=O) groups is 2. The van der Waals surface area contributed by atoms with E-state index < -0.39 is 11.9 Å². The molecule has 0 saturated carbocycles. The fraction of sp³-hybridized carbons (Fsp3) is 0. The Morgan fingerprint density at radius 2 is 0.909 bits per heavy atom. The third-order valence-electron chi connectivity index (χ3n) is 3.81. The number of aromatic nitrogens is 4. The molecular formula is C20H26CoN4O8+4. The average Bonchev–Trinajstić information content (AvgIpc) is 3.43. The molecule has 4 aromatic rings. The third kappa shape index (κ3) is 9.04. The van der Waals surface area contributed by atoms with Gasteiger partial charge in [-0.3, -0.25) is 0 Å². The molecule has 12 nitrogen and oxygen atoms in total. The summed E-state index contributed by atoms with van der Waals surface area (Å²) in [6, 6.07) is 12.8. The van der Waals surface area contributed by atoms with Crippen LogP contribution in [0.4, 0.5) is 0 Å². The van der Waals surface area contributed by atoms with Crippen LogP contribution in [0.1, 0.15) is 20.7 Å². The van der Waals surface area contributed by atoms with Crippen LogP contribution in [0.25, 0.3) is 11.4 Å². The molecule has 0 amide bonds. The second kappa shape index (κ2) is 15.9. The molecule has 0 aliphatic rings. The van der Waals surface area contributed by atoms with Crippen molar-refractivity contribution in [3.63, 3.8) is 0 Å². The zero-order chi connectivity index (χ0) is 19.9. The summed E-state index contributed by atoms with van der Waals surface area (Å²) in [7, 11) is 0. The van der Waals surface area contributed by atoms with Gasteiger partial charge in [-0.15, -0.1) is 0 Å². The molecule has 0 unspecified atom stereocenters. The van der Waals surface area contributed by atoms with Crippen LogP contribution >= 0.6 is 0 Å². The molecule has 12 N–H and O–H groups in total. The monoisotopic (exact) mass is 509 g/mol. The van der Waals surface area contributed by atoms with E-state index in [0.717, 1.165) is 11.4 Å². The van der Waals surface area contributed by atoms with Gasteiger partial charge < -0.3 is 50.8 Å². The Kier molecular flexibility index (Phi) is 16.2. The standard InChI is InChI=1S/2C10H8N2O2.Co.4H2O/c2*13-10(14)8-1-3-9(4-2-8)12-6-5-11-7-12;;;;;/h2*1-7H,(H,13,14);;4*1H2/q;;+2;;;;/p+2. The second-order valence-corrected chi connectivity index (χ2v) is 5.61. The summed E-state index contributed by atoms with van der Waals surface area (Å²) in [4.78, 5) is 28.7. The molecule has 0 aliphatic heterocycles. The number of carboxylic acids is 2. The molecule has 0 aliphatic carbocycles. The number of nitrogens with zero attached hydrogens (tertiary/aromatic N) is 4. The van der Waals surface area contributed by atoms with Crippen molar-refractivity contribution in [2.24, 2.45) is 0 Å². The molecular weight excluding hydrogens is 483 g/mol. The number of hydrogen-bond donors (Lipinski definition) is 0. The van der Waals surface area contributed by atoms with Gasteiger partial charge in [-0.2, -0.15) is 0 Å². The molecule has 13 heteroatoms. The van der Waals surface area contributed by atoms with E-state index in [2.05, 4.69) is 9.97 Å². The van der Waals surface area contributed by atoms with Crippen LogP contribution in [-0.4, -0.2) is 31.0 Å². The summed E-state index contributed by atoms with van der Waals surface area (Å²) in [6.07, 6.45) is 10.2. The van der Waals surface area contributed by atoms with Crippen LogP contribution in [0.2, 0.25) is 0 Å². The molecule has 0 atom stereocenters. The molecule has 179 valence electrons. The number of hydrogen-bond acceptors (Lipinski definition) is 6. The molecule has 2 aromatic carbocycles. The first-order valence-electron chi connectivity index (χ1n) is 8.14. The van der Waals surface area contributed by atoms with Gasteiger partial charge in [-0.05, 0) is 35.4 Å². The van der Waals surface area contributed by atoms with Crippen molar-refractivity contribution >= 4 is 11.9 Å². The maximum absolute atomic E-state index is 10.5. The van der Waals surface area contributed by atoms with Crippen LogP contribution in [0.5, 0.6) is 0 Å². The maximum atomic E-state index is 10.5. The van der Waals surface area contributed by atoms with E-state index >= 15 is 0 Å². The normalized spacial score (nSPS) is 8.48. The number of carbonyl (C=O) groups excluding carboxylic acids is 2. The molecule has 0 spiro atoms. The van der Waals surface area contributed by atoms with Gasteiger partial charge in [0.05, 0.1) is 24.6 Å². The molecule has 4 rings (SSSR count). The minimum atomic E-state index is -1.16. The van der Waals surface area contributed by atoms with E-state index in [1.807, 2.05) is 0 Å². The summed E-state index contributed by atoms with van der Waals surface area (Å²) in [5.41, 5.74) is 2.09. The summed E-state index contributed by atoms with van der Waals surface area (Å²) < 4.78 is 3.58. The van der Waals surface area contributed by atoms with Gasteiger partial charge >= 0.3 is 16.8 Å². The zero-order valence-electron chi connectivity index (χ0n) is 17.1. The largest absolute Gasteiger partial charge is 2.00 e. The molecule has 0 fully saturated rings. The molecule has 0 bridgehead atoms. The Morgan fingerprint density at radius 3 is 1.12 bits per heavy atom. The van der Waals surface area contributed by atoms with Crippen LogP contribution in [0.3, 0.4) is 0 Å². The number of benzene rings is 2. The predicted molar refractivity (Wildman–Crippen MR) is 115 cm³/mol. The van der Waals surface area contributed by atoms with Crippen molar-refractivity contribution in [1.82, 2.24) is 19.1 Å². The Balaban J connectivity index is -0.000000474. The van der Waals surface area contributed by atoms with Crippen LogP contribution in [0.15, 0.2) is 86.0 Å². The molecule has 2 heterocycles. The SMILES string of the molecule is O=C([O-])c1ccc(-n2ccnc2)cc1.O=C([O-])c1ccc(-n2ccnc2)cc1.[Co+2].[OH3+].[OH3+].[OH3+].[OH3+]. The summed E-state index contributed by atoms with van der Waals surface area (Å²) in [5, 5.41) is 20.9. The molecule has 1 radical (unpaired) electrons. The number of carboxylic acid groups (broad SMARTS) is 2. The number of aromatic carboxylic acids is 2. The van der Waals surface area contributed by atoms with Gasteiger partial charge in [0.2, 0.25) is 0 Å². The molecule has 33 heavy (non-hydrogen) atoms. The summed E-state index contributed by atoms with van der Waals surface area (Å²) >= 11 is 0. The smallest absolute Gasteiger partial charge is 0.545 e. The van der Waals surface area contributed by atoms with Gasteiger partial charge in [-0.25, -0.2) is 9.97 Å². The second-order valence-electron chi connectivity index (χ2n) is 5.61. The Bertz CT molecular complexity index is 967. The van der Waals surface area contributed by atoms with E-state index in [4.69, 9.17) is 0 Å². The molecule has 0 saturated heterocycles. The van der Waals surface area contributed by atoms with Crippen LogP contribution < -0.4 is 10.2 Å². The van der Waals surface area contributed by atoms with Crippen molar-refractivity contribution in [1.29, 1.82) is 0 Å². The summed E-state index contributed by atoms with van der Waals surface area (Å²) in [6.45, 7) is 0. The first kappa shape index (κ1) is 33.8. The van der Waals surface area contributed by atoms with E-state index in [-0.39, 0.29) is 49.8 Å². The average molecular weight is 509 g/mol. The van der Waals surface area contributed by atoms with Crippen molar-refractivity contribution in [3.8, 4) is 11.4 Å². The van der Waals surface area contributed by atoms with Crippen LogP contribution in [-0.2, 0) is 38.7 Å². The van der Waals surface area contributed by atoms with E-state index in [9.17, 15) is 19.8 Å². The quantitative estimate of drug-likeness (QED) is 0.256. The predicted octanol–water partition coefficient (Wildman–Crippen LogP) is -3.22. The summed E-state index contributed by atoms with van der Waals surface area (Å²) in [5.74, 6) is -2.33. The van der Waals surface area contributed by atoms with Crippen LogP contribution in [0, 0.1) is 0 Å². The minimum Gasteiger partial charge on any atom is -0.545 e. The van der Waals surface area contributed by atoms with E-state index in [1.165, 1.54) is 24.3 Å². The fourth-order valence-corrected chi connectivity index (χ4v) is 2.36. The number of rotatable bonds is 4. The Morgan fingerprint density at radius 1 is 0.606 bits per heavy atom. The fourth-order valence-electron chi connectivity index (χ4n) is 2.36. The van der Waals surface area contributed by atoms with Crippen molar-refractivity contribution in [2.75, 3.05) is 0 Å². The van der Waals surface area contributed by atoms with Gasteiger partial charge in [0.1, 0.15) is 0 Å². The van der Waals surface area contributed by atoms with Crippen molar-refractivity contribution < 1.29 is 58.5 Å². The van der Waals surface area contributed by atoms with Gasteiger partial charge in [0.15, 0.2) is 0 Å². The van der Waals surface area contributed by atoms with Crippen molar-refractivity contribution in [3.05, 3.63) is 97.1 Å². The van der Waals surface area contributed by atoms with Gasteiger partial charge in [0, 0.05) is 36.2 Å². The topological polar surface area (TPSA) is 248 Å². The zero-order valence-corrected chi connectivity index (χ0v) is 18.2. The third-order valence-corrected chi connectivity index (χ3v) is 3.81. The first-order valence-corrected chi connectivity index (χ1v) is 8.14. The first-order chi connectivity index (χ1) is 13.5. The van der Waals surface area contributed by atoms with E-state index in [1.54, 1.807) is 70.8 Å². The molecule has 2 aromatic heterocycles. The Hall–Kier alpha value is -3.85.